The number of methoxy groups -OCH3 is 2. The van der Waals surface area contributed by atoms with Crippen LogP contribution in [0.5, 0.6) is 0 Å². The van der Waals surface area contributed by atoms with E-state index in [9.17, 15) is 51.1 Å². The molecular formula is C101H95F4N5O11. The van der Waals surface area contributed by atoms with E-state index < -0.39 is 64.8 Å². The Kier molecular flexibility index (Phi) is 30.8. The third-order valence-electron chi connectivity index (χ3n) is 21.0. The molecule has 2 amide bonds. The molecule has 16 rings (SSSR count). The minimum Gasteiger partial charge on any atom is -0.481 e. The Bertz CT molecular complexity index is 5900. The Morgan fingerprint density at radius 2 is 0.860 bits per heavy atom. The van der Waals surface area contributed by atoms with Crippen molar-refractivity contribution in [3.8, 4) is 22.3 Å². The first-order chi connectivity index (χ1) is 57.6. The van der Waals surface area contributed by atoms with Crippen molar-refractivity contribution in [1.82, 2.24) is 9.97 Å². The summed E-state index contributed by atoms with van der Waals surface area (Å²) < 4.78 is 64.1. The fourth-order valence-corrected chi connectivity index (χ4v) is 15.4. The number of aromatic nitrogens is 2. The molecule has 0 unspecified atom stereocenters. The molecule has 9 aromatic carbocycles. The molecule has 0 saturated heterocycles. The summed E-state index contributed by atoms with van der Waals surface area (Å²) in [6, 6.07) is 58.3. The standard InChI is InChI=1S/C33H28F2N2O2.C20H17F2N3O.C13H12O3.C13H14O2.C12H12O2.C10H10.H2O/c1-20-7-10-30-23(12-20)8-9-24(30)17-29(38)18-26(13-21-14-27(34)19-28(35)15-21)32-31(6-3-11-37-32)22-4-2-5-25(16-22)33(36)39;21-15-7-12(8-16(22)11-15)9-18(23)19-17(5-2-6-25-19)13-3-1-4-14(10-13)20(24)26;1-8-3-5-10-9(7-8)4-6-11(10)12(14)13(15)16-2;1-9-3-6-12-10(7-9)4-5-11(12)8-13(14)15-2;1-8-2-5-11-9(6-8)3-4-10(11)7-12(13)14;1-8-5-6-9-3-2-4-10(9)7-8;/h2-7,9-12,14-16,19,26H,8,13,17-18H2,1H3,(H2,36,39);1-8,10-11,18H,9,23H2,(H2,24,26);3,5-7H,4H2,1-2H3;3,5-7H,4,8H2,1-2H3;2,4-6H,3,7H2,1H3,(H,13,14);2-3,5-7H,4H2,1H3;1H2/t26-;18-;;;;;/m10...../s1. The summed E-state index contributed by atoms with van der Waals surface area (Å²) in [6.45, 7) is 10.3. The normalized spacial score (nSPS) is 12.9. The number of halogens is 4. The zero-order valence-corrected chi connectivity index (χ0v) is 68.4. The van der Waals surface area contributed by atoms with Gasteiger partial charge in [-0.25, -0.2) is 22.4 Å². The van der Waals surface area contributed by atoms with E-state index >= 15 is 0 Å². The number of carboxylic acids is 1. The number of fused-ring (bicyclic) bond motifs is 5. The van der Waals surface area contributed by atoms with Crippen molar-refractivity contribution in [3.63, 3.8) is 0 Å². The van der Waals surface area contributed by atoms with Crippen molar-refractivity contribution in [3.05, 3.63) is 383 Å². The van der Waals surface area contributed by atoms with Crippen molar-refractivity contribution < 1.29 is 71.2 Å². The van der Waals surface area contributed by atoms with Crippen LogP contribution in [0.4, 0.5) is 17.6 Å². The maximum atomic E-state index is 14.1. The highest BCUT2D eigenvalue weighted by Crippen LogP contribution is 2.39. The number of benzene rings is 9. The van der Waals surface area contributed by atoms with Gasteiger partial charge in [0.1, 0.15) is 29.1 Å². The van der Waals surface area contributed by atoms with E-state index in [0.29, 0.717) is 52.1 Å². The number of carbonyl (C=O) groups is 7. The molecule has 0 aliphatic heterocycles. The highest BCUT2D eigenvalue weighted by atomic mass is 19.1. The topological polar surface area (TPSA) is 294 Å². The number of esters is 2. The average molecular weight is 1630 g/mol. The number of nitrogens with zero attached hydrogens (tertiary/aromatic N) is 2. The predicted octanol–water partition coefficient (Wildman–Crippen LogP) is 18.4. The number of hydrogen-bond donors (Lipinski definition) is 4. The van der Waals surface area contributed by atoms with Crippen molar-refractivity contribution in [1.29, 1.82) is 0 Å². The molecule has 0 spiro atoms. The lowest BCUT2D eigenvalue weighted by Crippen LogP contribution is -2.16. The molecule has 618 valence electrons. The third-order valence-corrected chi connectivity index (χ3v) is 21.0. The molecule has 2 atom stereocenters. The largest absolute Gasteiger partial charge is 0.481 e. The fourth-order valence-electron chi connectivity index (χ4n) is 15.4. The number of allylic oxidation sites excluding steroid dienone is 6. The highest BCUT2D eigenvalue weighted by Gasteiger charge is 2.28. The van der Waals surface area contributed by atoms with E-state index in [0.717, 1.165) is 105 Å². The lowest BCUT2D eigenvalue weighted by Gasteiger charge is -2.20. The van der Waals surface area contributed by atoms with Gasteiger partial charge in [-0.15, -0.1) is 0 Å². The van der Waals surface area contributed by atoms with Crippen LogP contribution in [0, 0.1) is 57.9 Å². The molecule has 0 fully saturated rings. The molecule has 5 aliphatic rings. The molecular weight excluding hydrogens is 1540 g/mol. The monoisotopic (exact) mass is 1630 g/mol. The third kappa shape index (κ3) is 24.0. The van der Waals surface area contributed by atoms with Crippen LogP contribution < -0.4 is 17.2 Å². The Morgan fingerprint density at radius 1 is 0.438 bits per heavy atom. The number of aryl methyl sites for hydroxylation is 5. The fraction of sp³-hybridized carbons (Fsp3) is 0.198. The number of amides is 2. The summed E-state index contributed by atoms with van der Waals surface area (Å²) in [7, 11) is 2.64. The number of aliphatic carboxylic acids is 1. The number of carbonyl (C=O) groups excluding carboxylic acids is 6. The number of rotatable bonds is 20. The molecule has 121 heavy (non-hydrogen) atoms. The smallest absolute Gasteiger partial charge is 0.379 e. The van der Waals surface area contributed by atoms with Crippen LogP contribution in [0.15, 0.2) is 243 Å². The van der Waals surface area contributed by atoms with E-state index in [1.807, 2.05) is 80.6 Å². The summed E-state index contributed by atoms with van der Waals surface area (Å²) >= 11 is 0. The SMILES string of the molecule is COC(=O)C(=O)C1=CCc2cc(C)ccc21.COC(=O)CC1=CCc2cc(C)ccc21.Cc1ccc2c(c1)CC=C2.Cc1ccc2c(c1)CC=C2CC(=O)C[C@@H](Cc1cc(F)cc(F)c1)c1ncccc1-c1cccc(C(N)=O)c1.Cc1ccc2c(c1)CC=C2CC(=O)O.NC(=O)c1cccc(-c2cccnc2[C@@H](N)Cc2cc(F)cc(F)c2)c1.O. The maximum absolute atomic E-state index is 14.1. The number of ether oxygens (including phenoxy) is 2. The van der Waals surface area contributed by atoms with E-state index in [4.69, 9.17) is 22.3 Å². The quantitative estimate of drug-likeness (QED) is 0.0314. The summed E-state index contributed by atoms with van der Waals surface area (Å²) in [5.74, 6) is -6.47. The van der Waals surface area contributed by atoms with Crippen LogP contribution in [0.2, 0.25) is 0 Å². The first-order valence-corrected chi connectivity index (χ1v) is 39.3. The summed E-state index contributed by atoms with van der Waals surface area (Å²) in [5.41, 5.74) is 44.5. The van der Waals surface area contributed by atoms with Crippen LogP contribution in [-0.4, -0.2) is 76.1 Å². The Hall–Kier alpha value is -13.7. The van der Waals surface area contributed by atoms with E-state index in [1.54, 1.807) is 67.0 Å². The second-order valence-corrected chi connectivity index (χ2v) is 30.2. The second-order valence-electron chi connectivity index (χ2n) is 30.2. The average Bonchev–Trinajstić information content (AvgIpc) is 1.66. The number of Topliss-reactive ketones (excluding diaryl/α,β-unsaturated/α-hetero) is 2. The number of pyridine rings is 2. The van der Waals surface area contributed by atoms with Crippen LogP contribution >= 0.6 is 0 Å². The van der Waals surface area contributed by atoms with Gasteiger partial charge in [-0.05, 0) is 235 Å². The molecule has 0 saturated carbocycles. The van der Waals surface area contributed by atoms with Gasteiger partial charge in [0.2, 0.25) is 11.8 Å². The second kappa shape index (κ2) is 41.6. The molecule has 0 bridgehead atoms. The Morgan fingerprint density at radius 3 is 1.33 bits per heavy atom. The van der Waals surface area contributed by atoms with Crippen molar-refractivity contribution in [2.45, 2.75) is 117 Å². The molecule has 20 heteroatoms. The number of hydrogen-bond acceptors (Lipinski definition) is 12. The van der Waals surface area contributed by atoms with Gasteiger partial charge in [0, 0.05) is 71.1 Å². The van der Waals surface area contributed by atoms with Crippen LogP contribution in [0.3, 0.4) is 0 Å². The van der Waals surface area contributed by atoms with Crippen LogP contribution in [0.25, 0.3) is 50.6 Å². The lowest BCUT2D eigenvalue weighted by atomic mass is 9.85. The number of nitrogens with two attached hydrogens (primary N) is 3. The Labute approximate surface area is 701 Å². The van der Waals surface area contributed by atoms with Gasteiger partial charge in [0.15, 0.2) is 0 Å². The lowest BCUT2D eigenvalue weighted by molar-refractivity contribution is -0.149. The first-order valence-electron chi connectivity index (χ1n) is 39.3. The van der Waals surface area contributed by atoms with Gasteiger partial charge < -0.3 is 37.3 Å². The summed E-state index contributed by atoms with van der Waals surface area (Å²) in [6.07, 6.45) is 21.4. The van der Waals surface area contributed by atoms with E-state index in [2.05, 4.69) is 119 Å². The molecule has 0 radical (unpaired) electrons. The zero-order chi connectivity index (χ0) is 85.8. The molecule has 2 heterocycles. The van der Waals surface area contributed by atoms with Gasteiger partial charge in [-0.2, -0.15) is 0 Å². The maximum Gasteiger partial charge on any atom is 0.379 e. The Balaban J connectivity index is 0.000000162. The van der Waals surface area contributed by atoms with Gasteiger partial charge >= 0.3 is 17.9 Å². The van der Waals surface area contributed by atoms with E-state index in [1.165, 1.54) is 94.1 Å². The summed E-state index contributed by atoms with van der Waals surface area (Å²) in [5, 5.41) is 8.71. The zero-order valence-electron chi connectivity index (χ0n) is 68.4. The van der Waals surface area contributed by atoms with Crippen LogP contribution in [-0.2, 0) is 78.4 Å². The van der Waals surface area contributed by atoms with E-state index in [-0.39, 0.29) is 49.3 Å². The number of primary amides is 2. The summed E-state index contributed by atoms with van der Waals surface area (Å²) in [4.78, 5) is 90.3. The first kappa shape index (κ1) is 89.7. The number of ketones is 2. The van der Waals surface area contributed by atoms with Crippen molar-refractivity contribution in [2.24, 2.45) is 17.2 Å². The molecule has 16 nitrogen and oxygen atoms in total. The van der Waals surface area contributed by atoms with Crippen molar-refractivity contribution in [2.75, 3.05) is 14.2 Å². The molecule has 5 aliphatic carbocycles. The minimum absolute atomic E-state index is 0. The number of carboxylic acid groups (broad SMARTS) is 1. The predicted molar refractivity (Wildman–Crippen MR) is 465 cm³/mol. The molecule has 11 aromatic rings. The molecule has 9 N–H and O–H groups in total. The van der Waals surface area contributed by atoms with Crippen molar-refractivity contribution >= 4 is 69.7 Å². The minimum atomic E-state index is -0.806. The highest BCUT2D eigenvalue weighted by molar-refractivity contribution is 6.52. The van der Waals surface area contributed by atoms with Gasteiger partial charge in [-0.3, -0.25) is 38.7 Å². The molecule has 2 aromatic heterocycles. The van der Waals surface area contributed by atoms with Gasteiger partial charge in [0.05, 0.1) is 44.5 Å². The van der Waals surface area contributed by atoms with Crippen LogP contribution in [0.1, 0.15) is 164 Å². The van der Waals surface area contributed by atoms with Gasteiger partial charge in [-0.1, -0.05) is 192 Å². The van der Waals surface area contributed by atoms with Gasteiger partial charge in [0.25, 0.3) is 5.78 Å².